The molecule has 1 heterocycles. The molecule has 3 rings (SSSR count). The summed E-state index contributed by atoms with van der Waals surface area (Å²) in [6.07, 6.45) is 0. The van der Waals surface area contributed by atoms with E-state index in [0.29, 0.717) is 28.2 Å². The summed E-state index contributed by atoms with van der Waals surface area (Å²) in [7, 11) is -3.54. The summed E-state index contributed by atoms with van der Waals surface area (Å²) in [5.41, 5.74) is 1.56. The number of nitrogens with one attached hydrogen (secondary N) is 1. The summed E-state index contributed by atoms with van der Waals surface area (Å²) in [5, 5.41) is 12.0. The van der Waals surface area contributed by atoms with Crippen LogP contribution < -0.4 is 5.32 Å². The molecule has 3 aromatic rings. The molecule has 0 saturated heterocycles. The number of benzene rings is 2. The van der Waals surface area contributed by atoms with Crippen molar-refractivity contribution < 1.29 is 13.2 Å². The Hall–Kier alpha value is -2.36. The molecular formula is C20H21ClN4O3S2. The van der Waals surface area contributed by atoms with Crippen molar-refractivity contribution in [2.75, 3.05) is 11.1 Å². The highest BCUT2D eigenvalue weighted by Gasteiger charge is 2.21. The van der Waals surface area contributed by atoms with Crippen LogP contribution >= 0.6 is 23.4 Å². The van der Waals surface area contributed by atoms with E-state index in [1.165, 1.54) is 11.8 Å². The van der Waals surface area contributed by atoms with Crippen LogP contribution in [0.2, 0.25) is 5.02 Å². The Morgan fingerprint density at radius 1 is 1.17 bits per heavy atom. The van der Waals surface area contributed by atoms with Crippen molar-refractivity contribution in [1.82, 2.24) is 14.8 Å². The molecule has 0 aliphatic heterocycles. The zero-order valence-electron chi connectivity index (χ0n) is 16.5. The highest BCUT2D eigenvalue weighted by Crippen LogP contribution is 2.23. The Morgan fingerprint density at radius 2 is 1.90 bits per heavy atom. The number of halogens is 1. The van der Waals surface area contributed by atoms with Gasteiger partial charge in [-0.15, -0.1) is 10.2 Å². The van der Waals surface area contributed by atoms with Crippen LogP contribution in [0.15, 0.2) is 58.6 Å². The fourth-order valence-electron chi connectivity index (χ4n) is 2.78. The van der Waals surface area contributed by atoms with Crippen LogP contribution in [-0.2, 0) is 26.9 Å². The second-order valence-corrected chi connectivity index (χ2v) is 9.88. The van der Waals surface area contributed by atoms with Crippen molar-refractivity contribution in [2.45, 2.75) is 36.2 Å². The monoisotopic (exact) mass is 464 g/mol. The summed E-state index contributed by atoms with van der Waals surface area (Å²) in [5.74, 6) is -0.0219. The minimum absolute atomic E-state index is 0.107. The van der Waals surface area contributed by atoms with Gasteiger partial charge in [-0.2, -0.15) is 0 Å². The highest BCUT2D eigenvalue weighted by atomic mass is 35.5. The summed E-state index contributed by atoms with van der Waals surface area (Å²) < 4.78 is 27.0. The van der Waals surface area contributed by atoms with E-state index in [1.54, 1.807) is 47.0 Å². The van der Waals surface area contributed by atoms with E-state index in [1.807, 2.05) is 19.9 Å². The van der Waals surface area contributed by atoms with Crippen LogP contribution in [0.5, 0.6) is 0 Å². The lowest BCUT2D eigenvalue weighted by Gasteiger charge is -2.10. The first-order valence-electron chi connectivity index (χ1n) is 9.19. The van der Waals surface area contributed by atoms with Gasteiger partial charge in [0, 0.05) is 17.3 Å². The molecule has 30 heavy (non-hydrogen) atoms. The van der Waals surface area contributed by atoms with Gasteiger partial charge in [0.2, 0.25) is 5.91 Å². The number of thioether (sulfide) groups is 1. The van der Waals surface area contributed by atoms with Gasteiger partial charge in [0.05, 0.1) is 10.6 Å². The minimum atomic E-state index is -3.54. The van der Waals surface area contributed by atoms with Crippen LogP contribution in [0, 0.1) is 6.92 Å². The van der Waals surface area contributed by atoms with Crippen LogP contribution in [0.25, 0.3) is 0 Å². The second-order valence-electron chi connectivity index (χ2n) is 6.51. The lowest BCUT2D eigenvalue weighted by molar-refractivity contribution is -0.113. The molecule has 0 radical (unpaired) electrons. The third-order valence-corrected chi connectivity index (χ3v) is 7.17. The molecule has 0 spiro atoms. The number of sulfone groups is 1. The van der Waals surface area contributed by atoms with Gasteiger partial charge in [0.25, 0.3) is 0 Å². The first kappa shape index (κ1) is 22.3. The molecule has 0 bridgehead atoms. The molecule has 1 amide bonds. The molecule has 1 aromatic heterocycles. The maximum Gasteiger partial charge on any atom is 0.234 e. The number of anilines is 1. The van der Waals surface area contributed by atoms with Crippen molar-refractivity contribution in [1.29, 1.82) is 0 Å². The van der Waals surface area contributed by atoms with Gasteiger partial charge in [-0.25, -0.2) is 8.42 Å². The summed E-state index contributed by atoms with van der Waals surface area (Å²) in [6.45, 7) is 4.25. The smallest absolute Gasteiger partial charge is 0.234 e. The molecule has 0 aliphatic carbocycles. The average molecular weight is 465 g/mol. The van der Waals surface area contributed by atoms with Gasteiger partial charge < -0.3 is 9.88 Å². The van der Waals surface area contributed by atoms with E-state index in [-0.39, 0.29) is 22.3 Å². The number of carbonyl (C=O) groups excluding carboxylic acids is 1. The number of hydrogen-bond donors (Lipinski definition) is 1. The number of aryl methyl sites for hydroxylation is 1. The van der Waals surface area contributed by atoms with Crippen LogP contribution in [0.3, 0.4) is 0 Å². The van der Waals surface area contributed by atoms with Crippen LogP contribution in [0.4, 0.5) is 5.69 Å². The van der Waals surface area contributed by atoms with E-state index >= 15 is 0 Å². The molecule has 7 nitrogen and oxygen atoms in total. The summed E-state index contributed by atoms with van der Waals surface area (Å²) in [6, 6.07) is 13.5. The molecule has 2 aromatic carbocycles. The van der Waals surface area contributed by atoms with Crippen LogP contribution in [0.1, 0.15) is 18.3 Å². The topological polar surface area (TPSA) is 93.9 Å². The van der Waals surface area contributed by atoms with Crippen molar-refractivity contribution in [3.63, 3.8) is 0 Å². The van der Waals surface area contributed by atoms with Crippen molar-refractivity contribution in [3.05, 3.63) is 64.9 Å². The molecule has 0 atom stereocenters. The number of hydrogen-bond acceptors (Lipinski definition) is 6. The molecule has 1 N–H and O–H groups in total. The standard InChI is InChI=1S/C20H21ClN4O3S2/c1-3-25-18(13-30(27,28)16-7-5-4-6-8-16)23-24-20(25)29-12-19(26)22-17-11-15(21)10-9-14(17)2/h4-11H,3,12-13H2,1-2H3,(H,22,26). The SMILES string of the molecule is CCn1c(CS(=O)(=O)c2ccccc2)nnc1SCC(=O)Nc1cc(Cl)ccc1C. The zero-order valence-corrected chi connectivity index (χ0v) is 18.9. The second kappa shape index (κ2) is 9.63. The van der Waals surface area contributed by atoms with Gasteiger partial charge >= 0.3 is 0 Å². The van der Waals surface area contributed by atoms with Crippen LogP contribution in [-0.4, -0.2) is 34.8 Å². The number of aromatic nitrogens is 3. The maximum atomic E-state index is 12.6. The Kier molecular flexibility index (Phi) is 7.17. The van der Waals surface area contributed by atoms with E-state index < -0.39 is 9.84 Å². The number of amides is 1. The van der Waals surface area contributed by atoms with Gasteiger partial charge in [0.15, 0.2) is 15.0 Å². The fraction of sp³-hybridized carbons (Fsp3) is 0.250. The molecule has 0 saturated carbocycles. The Labute approximate surface area is 184 Å². The van der Waals surface area contributed by atoms with Crippen molar-refractivity contribution in [3.8, 4) is 0 Å². The molecule has 0 unspecified atom stereocenters. The van der Waals surface area contributed by atoms with E-state index in [0.717, 1.165) is 5.56 Å². The van der Waals surface area contributed by atoms with Gasteiger partial charge in [0.1, 0.15) is 11.6 Å². The third kappa shape index (κ3) is 5.41. The predicted molar refractivity (Wildman–Crippen MR) is 119 cm³/mol. The van der Waals surface area contributed by atoms with Crippen molar-refractivity contribution >= 4 is 44.8 Å². The lowest BCUT2D eigenvalue weighted by atomic mass is 10.2. The fourth-order valence-corrected chi connectivity index (χ4v) is 5.06. The lowest BCUT2D eigenvalue weighted by Crippen LogP contribution is -2.16. The minimum Gasteiger partial charge on any atom is -0.325 e. The van der Waals surface area contributed by atoms with Gasteiger partial charge in [-0.1, -0.05) is 47.6 Å². The summed E-state index contributed by atoms with van der Waals surface area (Å²) in [4.78, 5) is 12.6. The van der Waals surface area contributed by atoms with E-state index in [9.17, 15) is 13.2 Å². The predicted octanol–water partition coefficient (Wildman–Crippen LogP) is 3.96. The first-order valence-corrected chi connectivity index (χ1v) is 12.2. The summed E-state index contributed by atoms with van der Waals surface area (Å²) >= 11 is 7.19. The van der Waals surface area contributed by atoms with Gasteiger partial charge in [-0.05, 0) is 43.7 Å². The zero-order chi connectivity index (χ0) is 21.7. The van der Waals surface area contributed by atoms with Crippen molar-refractivity contribution in [2.24, 2.45) is 0 Å². The largest absolute Gasteiger partial charge is 0.325 e. The molecule has 158 valence electrons. The van der Waals surface area contributed by atoms with Gasteiger partial charge in [-0.3, -0.25) is 4.79 Å². The highest BCUT2D eigenvalue weighted by molar-refractivity contribution is 7.99. The molecular weight excluding hydrogens is 444 g/mol. The maximum absolute atomic E-state index is 12.6. The third-order valence-electron chi connectivity index (χ3n) is 4.34. The Balaban J connectivity index is 1.68. The number of nitrogens with zero attached hydrogens (tertiary/aromatic N) is 3. The molecule has 0 fully saturated rings. The number of rotatable bonds is 8. The van der Waals surface area contributed by atoms with E-state index in [4.69, 9.17) is 11.6 Å². The first-order chi connectivity index (χ1) is 14.3. The average Bonchev–Trinajstić information content (AvgIpc) is 3.10. The number of carbonyl (C=O) groups is 1. The van der Waals surface area contributed by atoms with E-state index in [2.05, 4.69) is 15.5 Å². The quantitative estimate of drug-likeness (QED) is 0.507. The Morgan fingerprint density at radius 3 is 2.60 bits per heavy atom. The Bertz CT molecular complexity index is 1150. The molecule has 10 heteroatoms. The normalized spacial score (nSPS) is 11.4. The molecule has 0 aliphatic rings.